The van der Waals surface area contributed by atoms with E-state index in [4.69, 9.17) is 21.1 Å². The molecule has 5 aromatic rings. The van der Waals surface area contributed by atoms with Gasteiger partial charge in [0.2, 0.25) is 0 Å². The molecule has 2 aliphatic rings. The Kier molecular flexibility index (Phi) is 9.59. The average Bonchev–Trinajstić information content (AvgIpc) is 3.78. The van der Waals surface area contributed by atoms with E-state index in [9.17, 15) is 0 Å². The van der Waals surface area contributed by atoms with Gasteiger partial charge >= 0.3 is 0 Å². The Morgan fingerprint density at radius 1 is 0.708 bits per heavy atom. The molecule has 0 bridgehead atoms. The molecule has 0 N–H and O–H groups in total. The van der Waals surface area contributed by atoms with Crippen molar-refractivity contribution < 1.29 is 14.3 Å². The molecular weight excluding hydrogens is 620 g/mol. The quantitative estimate of drug-likeness (QED) is 0.155. The predicted octanol–water partition coefficient (Wildman–Crippen LogP) is 7.55. The van der Waals surface area contributed by atoms with Crippen LogP contribution in [0.4, 0.5) is 5.69 Å². The molecule has 8 heteroatoms. The van der Waals surface area contributed by atoms with Gasteiger partial charge in [0.25, 0.3) is 5.91 Å². The van der Waals surface area contributed by atoms with Crippen LogP contribution >= 0.6 is 11.6 Å². The van der Waals surface area contributed by atoms with Crippen LogP contribution in [0.15, 0.2) is 97.1 Å². The van der Waals surface area contributed by atoms with Crippen LogP contribution in [0.1, 0.15) is 45.9 Å². The number of likely N-dealkylation sites (tertiary alicyclic amines) is 1. The minimum absolute atomic E-state index is 0.0773. The highest BCUT2D eigenvalue weighted by atomic mass is 35.5. The van der Waals surface area contributed by atoms with Crippen molar-refractivity contribution in [1.29, 1.82) is 0 Å². The molecule has 0 spiro atoms. The lowest BCUT2D eigenvalue weighted by atomic mass is 9.83. The standard InChI is InChI=1S/C40H43ClN4O3/c1-47-31-17-13-29(14-18-31)37(30-15-19-32(48-2)20-16-30)38-33-9-3-5-11-35(33)45(28-23-42-21-7-8-22-42)39(38)40(46)44-26-24-43(25-27-44)36-12-6-4-10-34(36)41/h3-6,9-20,37H,7-8,21-28H2,1-2H3. The van der Waals surface area contributed by atoms with Gasteiger partial charge in [0.05, 0.1) is 24.9 Å². The largest absolute Gasteiger partial charge is 0.497 e. The zero-order valence-corrected chi connectivity index (χ0v) is 28.5. The molecule has 3 heterocycles. The van der Waals surface area contributed by atoms with Crippen LogP contribution in [0.2, 0.25) is 5.02 Å². The molecule has 2 fully saturated rings. The zero-order valence-electron chi connectivity index (χ0n) is 27.8. The maximum atomic E-state index is 15.1. The fraction of sp³-hybridized carbons (Fsp3) is 0.325. The van der Waals surface area contributed by atoms with E-state index in [1.54, 1.807) is 14.2 Å². The van der Waals surface area contributed by atoms with E-state index >= 15 is 4.79 Å². The predicted molar refractivity (Wildman–Crippen MR) is 194 cm³/mol. The van der Waals surface area contributed by atoms with Gasteiger partial charge in [0.1, 0.15) is 17.2 Å². The minimum Gasteiger partial charge on any atom is -0.497 e. The van der Waals surface area contributed by atoms with Crippen LogP contribution in [0.5, 0.6) is 11.5 Å². The van der Waals surface area contributed by atoms with Crippen molar-refractivity contribution in [3.05, 3.63) is 124 Å². The van der Waals surface area contributed by atoms with Gasteiger partial charge in [-0.25, -0.2) is 0 Å². The van der Waals surface area contributed by atoms with E-state index in [1.807, 2.05) is 47.4 Å². The minimum atomic E-state index is -0.192. The molecule has 0 saturated carbocycles. The maximum absolute atomic E-state index is 15.1. The fourth-order valence-electron chi connectivity index (χ4n) is 7.46. The summed E-state index contributed by atoms with van der Waals surface area (Å²) in [6, 6.07) is 33.0. The second-order valence-electron chi connectivity index (χ2n) is 12.7. The number of halogens is 1. The number of carbonyl (C=O) groups is 1. The molecule has 4 aromatic carbocycles. The SMILES string of the molecule is COc1ccc(C(c2ccc(OC)cc2)c2c(C(=O)N3CCN(c4ccccc4Cl)CC3)n(CCN3CCCC3)c3ccccc23)cc1. The first-order valence-electron chi connectivity index (χ1n) is 17.0. The van der Waals surface area contributed by atoms with E-state index in [1.165, 1.54) is 12.8 Å². The van der Waals surface area contributed by atoms with Crippen molar-refractivity contribution >= 4 is 34.1 Å². The van der Waals surface area contributed by atoms with Crippen molar-refractivity contribution in [2.24, 2.45) is 0 Å². The van der Waals surface area contributed by atoms with Gasteiger partial charge in [-0.05, 0) is 79.5 Å². The molecule has 48 heavy (non-hydrogen) atoms. The molecular formula is C40H43ClN4O3. The number of amides is 1. The summed E-state index contributed by atoms with van der Waals surface area (Å²) in [7, 11) is 3.37. The molecule has 7 rings (SSSR count). The molecule has 0 unspecified atom stereocenters. The molecule has 248 valence electrons. The number of aromatic nitrogens is 1. The number of ether oxygens (including phenoxy) is 2. The summed E-state index contributed by atoms with van der Waals surface area (Å²) >= 11 is 6.57. The molecule has 2 aliphatic heterocycles. The summed E-state index contributed by atoms with van der Waals surface area (Å²) < 4.78 is 13.4. The molecule has 0 radical (unpaired) electrons. The number of para-hydroxylation sites is 2. The number of anilines is 1. The van der Waals surface area contributed by atoms with Crippen LogP contribution in [0, 0.1) is 0 Å². The van der Waals surface area contributed by atoms with Crippen molar-refractivity contribution in [1.82, 2.24) is 14.4 Å². The van der Waals surface area contributed by atoms with Crippen LogP contribution in [-0.2, 0) is 6.54 Å². The van der Waals surface area contributed by atoms with Gasteiger partial charge in [-0.15, -0.1) is 0 Å². The lowest BCUT2D eigenvalue weighted by Crippen LogP contribution is -2.49. The zero-order chi connectivity index (χ0) is 33.0. The van der Waals surface area contributed by atoms with E-state index < -0.39 is 0 Å². The maximum Gasteiger partial charge on any atom is 0.270 e. The first kappa shape index (κ1) is 32.1. The Morgan fingerprint density at radius 2 is 1.29 bits per heavy atom. The summed E-state index contributed by atoms with van der Waals surface area (Å²) in [6.07, 6.45) is 2.46. The van der Waals surface area contributed by atoms with Crippen LogP contribution < -0.4 is 14.4 Å². The van der Waals surface area contributed by atoms with Gasteiger partial charge in [-0.1, -0.05) is 66.2 Å². The second kappa shape index (κ2) is 14.3. The van der Waals surface area contributed by atoms with E-state index in [0.29, 0.717) is 13.1 Å². The number of nitrogens with zero attached hydrogens (tertiary/aromatic N) is 4. The van der Waals surface area contributed by atoms with Gasteiger partial charge in [0, 0.05) is 61.7 Å². The molecule has 1 amide bonds. The Hall–Kier alpha value is -4.46. The number of carbonyl (C=O) groups excluding carboxylic acids is 1. The molecule has 0 aliphatic carbocycles. The van der Waals surface area contributed by atoms with Crippen LogP contribution in [0.3, 0.4) is 0 Å². The number of fused-ring (bicyclic) bond motifs is 1. The van der Waals surface area contributed by atoms with Crippen molar-refractivity contribution in [3.8, 4) is 11.5 Å². The summed E-state index contributed by atoms with van der Waals surface area (Å²) in [5.74, 6) is 1.48. The monoisotopic (exact) mass is 662 g/mol. The van der Waals surface area contributed by atoms with Crippen molar-refractivity contribution in [2.75, 3.05) is 64.9 Å². The first-order chi connectivity index (χ1) is 23.6. The number of piperazine rings is 1. The van der Waals surface area contributed by atoms with Gasteiger partial charge in [0.15, 0.2) is 0 Å². The average molecular weight is 663 g/mol. The topological polar surface area (TPSA) is 50.2 Å². The fourth-order valence-corrected chi connectivity index (χ4v) is 7.72. The third kappa shape index (κ3) is 6.37. The van der Waals surface area contributed by atoms with Crippen molar-refractivity contribution in [2.45, 2.75) is 25.3 Å². The normalized spacial score (nSPS) is 15.4. The number of hydrogen-bond acceptors (Lipinski definition) is 5. The Bertz CT molecular complexity index is 1810. The smallest absolute Gasteiger partial charge is 0.270 e. The molecule has 2 saturated heterocycles. The number of benzene rings is 4. The summed E-state index contributed by atoms with van der Waals surface area (Å²) in [4.78, 5) is 21.9. The van der Waals surface area contributed by atoms with E-state index in [0.717, 1.165) is 94.8 Å². The molecule has 1 aromatic heterocycles. The van der Waals surface area contributed by atoms with E-state index in [-0.39, 0.29) is 11.8 Å². The number of rotatable bonds is 10. The van der Waals surface area contributed by atoms with Crippen LogP contribution in [0.25, 0.3) is 10.9 Å². The highest BCUT2D eigenvalue weighted by Gasteiger charge is 2.34. The van der Waals surface area contributed by atoms with E-state index in [2.05, 4.69) is 69.0 Å². The highest BCUT2D eigenvalue weighted by molar-refractivity contribution is 6.33. The third-order valence-corrected chi connectivity index (χ3v) is 10.3. The summed E-state index contributed by atoms with van der Waals surface area (Å²) in [5.41, 5.74) is 6.13. The summed E-state index contributed by atoms with van der Waals surface area (Å²) in [6.45, 7) is 6.56. The first-order valence-corrected chi connectivity index (χ1v) is 17.3. The lowest BCUT2D eigenvalue weighted by molar-refractivity contribution is 0.0734. The van der Waals surface area contributed by atoms with Gasteiger partial charge < -0.3 is 28.7 Å². The highest BCUT2D eigenvalue weighted by Crippen LogP contribution is 2.42. The molecule has 0 atom stereocenters. The Morgan fingerprint density at radius 3 is 1.90 bits per heavy atom. The Labute approximate surface area is 288 Å². The Balaban J connectivity index is 1.35. The lowest BCUT2D eigenvalue weighted by Gasteiger charge is -2.37. The second-order valence-corrected chi connectivity index (χ2v) is 13.1. The van der Waals surface area contributed by atoms with Crippen LogP contribution in [-0.4, -0.2) is 80.3 Å². The third-order valence-electron chi connectivity index (χ3n) is 10.00. The summed E-state index contributed by atoms with van der Waals surface area (Å²) in [5, 5.41) is 1.84. The van der Waals surface area contributed by atoms with Gasteiger partial charge in [-0.2, -0.15) is 0 Å². The van der Waals surface area contributed by atoms with Gasteiger partial charge in [-0.3, -0.25) is 4.79 Å². The van der Waals surface area contributed by atoms with Crippen molar-refractivity contribution in [3.63, 3.8) is 0 Å². The number of hydrogen-bond donors (Lipinski definition) is 0. The number of methoxy groups -OCH3 is 2. The molecule has 7 nitrogen and oxygen atoms in total.